The van der Waals surface area contributed by atoms with E-state index in [0.717, 1.165) is 5.56 Å². The SMILES string of the molecule is COc1ccc(OC)c(NC(=O)c2ccnc(NCCc3ccc(F)cc3)n2)c1. The maximum Gasteiger partial charge on any atom is 0.274 e. The molecule has 8 heteroatoms. The summed E-state index contributed by atoms with van der Waals surface area (Å²) in [6.07, 6.45) is 2.17. The molecule has 0 bridgehead atoms. The molecule has 150 valence electrons. The molecule has 0 saturated carbocycles. The summed E-state index contributed by atoms with van der Waals surface area (Å²) < 4.78 is 23.4. The zero-order valence-electron chi connectivity index (χ0n) is 16.1. The van der Waals surface area contributed by atoms with Crippen molar-refractivity contribution in [2.75, 3.05) is 31.4 Å². The van der Waals surface area contributed by atoms with E-state index in [1.54, 1.807) is 37.4 Å². The number of carbonyl (C=O) groups is 1. The van der Waals surface area contributed by atoms with Crippen LogP contribution in [0.4, 0.5) is 16.0 Å². The quantitative estimate of drug-likeness (QED) is 0.606. The largest absolute Gasteiger partial charge is 0.497 e. The van der Waals surface area contributed by atoms with Crippen LogP contribution in [0.25, 0.3) is 0 Å². The molecule has 0 fully saturated rings. The maximum absolute atomic E-state index is 13.0. The molecule has 1 heterocycles. The van der Waals surface area contributed by atoms with E-state index < -0.39 is 5.91 Å². The van der Waals surface area contributed by atoms with Gasteiger partial charge in [0.15, 0.2) is 0 Å². The normalized spacial score (nSPS) is 10.3. The first-order valence-electron chi connectivity index (χ1n) is 8.94. The fraction of sp³-hybridized carbons (Fsp3) is 0.190. The molecule has 0 aliphatic rings. The fourth-order valence-corrected chi connectivity index (χ4v) is 2.64. The molecule has 7 nitrogen and oxygen atoms in total. The summed E-state index contributed by atoms with van der Waals surface area (Å²) in [7, 11) is 3.06. The van der Waals surface area contributed by atoms with Gasteiger partial charge in [0.05, 0.1) is 19.9 Å². The Morgan fingerprint density at radius 1 is 1.07 bits per heavy atom. The summed E-state index contributed by atoms with van der Waals surface area (Å²) in [5.41, 5.74) is 1.66. The molecule has 0 aliphatic heterocycles. The summed E-state index contributed by atoms with van der Waals surface area (Å²) in [5, 5.41) is 5.84. The van der Waals surface area contributed by atoms with Gasteiger partial charge in [0, 0.05) is 18.8 Å². The molecule has 2 N–H and O–H groups in total. The molecule has 0 unspecified atom stereocenters. The minimum atomic E-state index is -0.402. The molecular weight excluding hydrogens is 375 g/mol. The lowest BCUT2D eigenvalue weighted by Crippen LogP contribution is -2.16. The highest BCUT2D eigenvalue weighted by Gasteiger charge is 2.13. The molecule has 1 amide bonds. The lowest BCUT2D eigenvalue weighted by molar-refractivity contribution is 0.102. The maximum atomic E-state index is 13.0. The predicted octanol–water partition coefficient (Wildman–Crippen LogP) is 3.54. The van der Waals surface area contributed by atoms with Crippen LogP contribution in [-0.2, 0) is 6.42 Å². The van der Waals surface area contributed by atoms with Crippen molar-refractivity contribution in [1.82, 2.24) is 9.97 Å². The highest BCUT2D eigenvalue weighted by atomic mass is 19.1. The van der Waals surface area contributed by atoms with Gasteiger partial charge in [-0.2, -0.15) is 0 Å². The third-order valence-electron chi connectivity index (χ3n) is 4.15. The lowest BCUT2D eigenvalue weighted by Gasteiger charge is -2.12. The molecule has 0 radical (unpaired) electrons. The van der Waals surface area contributed by atoms with Gasteiger partial charge in [0.1, 0.15) is 23.0 Å². The fourth-order valence-electron chi connectivity index (χ4n) is 2.64. The summed E-state index contributed by atoms with van der Waals surface area (Å²) >= 11 is 0. The summed E-state index contributed by atoms with van der Waals surface area (Å²) in [5.74, 6) is 0.757. The number of benzene rings is 2. The summed E-state index contributed by atoms with van der Waals surface area (Å²) in [6, 6.07) is 12.9. The third-order valence-corrected chi connectivity index (χ3v) is 4.15. The number of methoxy groups -OCH3 is 2. The van der Waals surface area contributed by atoms with E-state index in [1.807, 2.05) is 0 Å². The van der Waals surface area contributed by atoms with Crippen molar-refractivity contribution in [3.63, 3.8) is 0 Å². The molecule has 0 saturated heterocycles. The van der Waals surface area contributed by atoms with Crippen LogP contribution in [-0.4, -0.2) is 36.6 Å². The number of anilines is 2. The van der Waals surface area contributed by atoms with Gasteiger partial charge in [0.25, 0.3) is 5.91 Å². The Morgan fingerprint density at radius 3 is 2.59 bits per heavy atom. The summed E-state index contributed by atoms with van der Waals surface area (Å²) in [6.45, 7) is 0.542. The van der Waals surface area contributed by atoms with E-state index >= 15 is 0 Å². The Balaban J connectivity index is 1.64. The number of aromatic nitrogens is 2. The summed E-state index contributed by atoms with van der Waals surface area (Å²) in [4.78, 5) is 21.0. The number of halogens is 1. The van der Waals surface area contributed by atoms with E-state index in [9.17, 15) is 9.18 Å². The first-order valence-corrected chi connectivity index (χ1v) is 8.94. The van der Waals surface area contributed by atoms with Gasteiger partial charge < -0.3 is 20.1 Å². The lowest BCUT2D eigenvalue weighted by atomic mass is 10.1. The average Bonchev–Trinajstić information content (AvgIpc) is 2.75. The van der Waals surface area contributed by atoms with Crippen molar-refractivity contribution < 1.29 is 18.7 Å². The van der Waals surface area contributed by atoms with Crippen LogP contribution in [0.15, 0.2) is 54.7 Å². The van der Waals surface area contributed by atoms with Crippen molar-refractivity contribution in [3.05, 3.63) is 71.8 Å². The van der Waals surface area contributed by atoms with E-state index in [2.05, 4.69) is 20.6 Å². The smallest absolute Gasteiger partial charge is 0.274 e. The zero-order valence-corrected chi connectivity index (χ0v) is 16.1. The first kappa shape index (κ1) is 20.1. The Labute approximate surface area is 167 Å². The van der Waals surface area contributed by atoms with Crippen LogP contribution >= 0.6 is 0 Å². The second-order valence-electron chi connectivity index (χ2n) is 6.09. The number of carbonyl (C=O) groups excluding carboxylic acids is 1. The van der Waals surface area contributed by atoms with Crippen molar-refractivity contribution in [2.24, 2.45) is 0 Å². The Hall–Kier alpha value is -3.68. The Bertz CT molecular complexity index is 980. The number of nitrogens with one attached hydrogen (secondary N) is 2. The molecule has 29 heavy (non-hydrogen) atoms. The van der Waals surface area contributed by atoms with E-state index in [-0.39, 0.29) is 11.5 Å². The molecule has 2 aromatic carbocycles. The molecule has 0 aliphatic carbocycles. The number of hydrogen-bond acceptors (Lipinski definition) is 6. The average molecular weight is 396 g/mol. The highest BCUT2D eigenvalue weighted by molar-refractivity contribution is 6.03. The van der Waals surface area contributed by atoms with E-state index in [4.69, 9.17) is 9.47 Å². The van der Waals surface area contributed by atoms with Gasteiger partial charge in [-0.05, 0) is 42.3 Å². The first-order chi connectivity index (χ1) is 14.1. The van der Waals surface area contributed by atoms with Crippen LogP contribution < -0.4 is 20.1 Å². The molecular formula is C21H21FN4O3. The number of amides is 1. The van der Waals surface area contributed by atoms with E-state index in [0.29, 0.717) is 36.1 Å². The topological polar surface area (TPSA) is 85.4 Å². The molecule has 3 aromatic rings. The van der Waals surface area contributed by atoms with Crippen LogP contribution in [0.1, 0.15) is 16.1 Å². The van der Waals surface area contributed by atoms with Crippen LogP contribution in [0.3, 0.4) is 0 Å². The monoisotopic (exact) mass is 396 g/mol. The predicted molar refractivity (Wildman–Crippen MR) is 108 cm³/mol. The molecule has 0 atom stereocenters. The van der Waals surface area contributed by atoms with Gasteiger partial charge in [-0.1, -0.05) is 12.1 Å². The molecule has 1 aromatic heterocycles. The van der Waals surface area contributed by atoms with Crippen molar-refractivity contribution in [1.29, 1.82) is 0 Å². The zero-order chi connectivity index (χ0) is 20.6. The standard InChI is InChI=1S/C21H21FN4O3/c1-28-16-7-8-19(29-2)18(13-16)25-20(27)17-10-12-24-21(26-17)23-11-9-14-3-5-15(22)6-4-14/h3-8,10,12-13H,9,11H2,1-2H3,(H,25,27)(H,23,24,26). The van der Waals surface area contributed by atoms with Crippen LogP contribution in [0, 0.1) is 5.82 Å². The van der Waals surface area contributed by atoms with Crippen LogP contribution in [0.2, 0.25) is 0 Å². The minimum absolute atomic E-state index is 0.203. The van der Waals surface area contributed by atoms with Gasteiger partial charge in [-0.3, -0.25) is 4.79 Å². The van der Waals surface area contributed by atoms with Crippen molar-refractivity contribution in [2.45, 2.75) is 6.42 Å². The number of hydrogen-bond donors (Lipinski definition) is 2. The number of nitrogens with zero attached hydrogens (tertiary/aromatic N) is 2. The van der Waals surface area contributed by atoms with Gasteiger partial charge >= 0.3 is 0 Å². The number of rotatable bonds is 8. The Kier molecular flexibility index (Phi) is 6.57. The Morgan fingerprint density at radius 2 is 1.86 bits per heavy atom. The van der Waals surface area contributed by atoms with Gasteiger partial charge in [-0.15, -0.1) is 0 Å². The van der Waals surface area contributed by atoms with Crippen molar-refractivity contribution >= 4 is 17.5 Å². The van der Waals surface area contributed by atoms with Crippen LogP contribution in [0.5, 0.6) is 11.5 Å². The highest BCUT2D eigenvalue weighted by Crippen LogP contribution is 2.29. The minimum Gasteiger partial charge on any atom is -0.497 e. The third kappa shape index (κ3) is 5.41. The second kappa shape index (κ2) is 9.50. The van der Waals surface area contributed by atoms with E-state index in [1.165, 1.54) is 31.5 Å². The molecule has 0 spiro atoms. The number of ether oxygens (including phenoxy) is 2. The van der Waals surface area contributed by atoms with Crippen molar-refractivity contribution in [3.8, 4) is 11.5 Å². The van der Waals surface area contributed by atoms with Gasteiger partial charge in [0.2, 0.25) is 5.95 Å². The molecule has 3 rings (SSSR count). The second-order valence-corrected chi connectivity index (χ2v) is 6.09. The van der Waals surface area contributed by atoms with Gasteiger partial charge in [-0.25, -0.2) is 14.4 Å².